The number of unbranched alkanes of at least 4 members (excludes halogenated alkanes) is 2. The Kier molecular flexibility index (Phi) is 8.16. The van der Waals surface area contributed by atoms with Crippen molar-refractivity contribution in [2.45, 2.75) is 90.4 Å². The van der Waals surface area contributed by atoms with Crippen LogP contribution in [0.15, 0.2) is 24.8 Å². The van der Waals surface area contributed by atoms with Crippen LogP contribution in [0.25, 0.3) is 11.1 Å². The molecule has 2 aromatic carbocycles. The average molecular weight is 473 g/mol. The Balaban J connectivity index is 1.46. The molecule has 0 atom stereocenters. The van der Waals surface area contributed by atoms with Crippen molar-refractivity contribution in [2.75, 3.05) is 0 Å². The summed E-state index contributed by atoms with van der Waals surface area (Å²) in [7, 11) is 0. The van der Waals surface area contributed by atoms with Gasteiger partial charge in [0.25, 0.3) is 0 Å². The summed E-state index contributed by atoms with van der Waals surface area (Å²) in [5, 5.41) is 0. The van der Waals surface area contributed by atoms with Gasteiger partial charge in [0.2, 0.25) is 0 Å². The maximum atomic E-state index is 15.1. The van der Waals surface area contributed by atoms with Crippen LogP contribution in [0.1, 0.15) is 93.4 Å². The molecule has 2 aliphatic rings. The normalized spacial score (nSPS) is 19.2. The highest BCUT2D eigenvalue weighted by Crippen LogP contribution is 2.44. The first-order valence-electron chi connectivity index (χ1n) is 13.0. The van der Waals surface area contributed by atoms with Crippen LogP contribution in [0.5, 0.6) is 0 Å². The zero-order valence-electron chi connectivity index (χ0n) is 20.3. The third-order valence-corrected chi connectivity index (χ3v) is 7.98. The molecule has 2 aromatic rings. The third kappa shape index (κ3) is 5.11. The quantitative estimate of drug-likeness (QED) is 0.157. The Morgan fingerprint density at radius 3 is 1.82 bits per heavy atom. The molecule has 0 nitrogen and oxygen atoms in total. The van der Waals surface area contributed by atoms with E-state index in [2.05, 4.69) is 13.5 Å². The van der Waals surface area contributed by atoms with Gasteiger partial charge >= 0.3 is 0 Å². The van der Waals surface area contributed by atoms with Gasteiger partial charge in [-0.3, -0.25) is 0 Å². The summed E-state index contributed by atoms with van der Waals surface area (Å²) in [5.41, 5.74) is 1.50. The van der Waals surface area contributed by atoms with Gasteiger partial charge in [0.05, 0.1) is 0 Å². The van der Waals surface area contributed by atoms with Crippen LogP contribution in [0.4, 0.5) is 17.6 Å². The monoisotopic (exact) mass is 472 g/mol. The molecule has 4 heteroatoms. The van der Waals surface area contributed by atoms with Crippen molar-refractivity contribution in [3.05, 3.63) is 70.3 Å². The highest BCUT2D eigenvalue weighted by atomic mass is 19.2. The largest absolute Gasteiger partial charge is 0.203 e. The van der Waals surface area contributed by atoms with E-state index < -0.39 is 23.3 Å². The number of hydrogen-bond acceptors (Lipinski definition) is 0. The van der Waals surface area contributed by atoms with Gasteiger partial charge in [0.1, 0.15) is 0 Å². The molecule has 0 saturated heterocycles. The molecule has 0 aliphatic heterocycles. The van der Waals surface area contributed by atoms with E-state index >= 15 is 8.78 Å². The zero-order valence-corrected chi connectivity index (χ0v) is 20.3. The fourth-order valence-corrected chi connectivity index (χ4v) is 5.97. The molecule has 184 valence electrons. The first-order chi connectivity index (χ1) is 16.4. The lowest BCUT2D eigenvalue weighted by Gasteiger charge is -2.28. The Morgan fingerprint density at radius 1 is 0.765 bits per heavy atom. The van der Waals surface area contributed by atoms with Gasteiger partial charge < -0.3 is 0 Å². The molecular formula is C30H36F4. The minimum absolute atomic E-state index is 0.101. The van der Waals surface area contributed by atoms with Crippen LogP contribution >= 0.6 is 0 Å². The number of fused-ring (bicyclic) bond motifs is 3. The lowest BCUT2D eigenvalue weighted by atomic mass is 9.77. The van der Waals surface area contributed by atoms with E-state index in [-0.39, 0.29) is 16.7 Å². The molecule has 0 aromatic heterocycles. The van der Waals surface area contributed by atoms with E-state index in [4.69, 9.17) is 0 Å². The van der Waals surface area contributed by atoms with Crippen molar-refractivity contribution < 1.29 is 17.6 Å². The Hall–Kier alpha value is -2.10. The van der Waals surface area contributed by atoms with Crippen LogP contribution in [0.2, 0.25) is 0 Å². The minimum Gasteiger partial charge on any atom is -0.203 e. The fraction of sp³-hybridized carbons (Fsp3) is 0.533. The SMILES string of the molecule is C=CCCc1cc2c(c(F)c1F)-c1c(cc(CCC3CCC(CCCCC)CC3)c(F)c1F)C2. The van der Waals surface area contributed by atoms with E-state index in [1.165, 1.54) is 38.5 Å². The van der Waals surface area contributed by atoms with Crippen molar-refractivity contribution in [3.8, 4) is 11.1 Å². The highest BCUT2D eigenvalue weighted by Gasteiger charge is 2.32. The summed E-state index contributed by atoms with van der Waals surface area (Å²) < 4.78 is 59.7. The number of rotatable bonds is 10. The highest BCUT2D eigenvalue weighted by molar-refractivity contribution is 5.79. The minimum atomic E-state index is -1.07. The van der Waals surface area contributed by atoms with Gasteiger partial charge in [-0.1, -0.05) is 76.5 Å². The molecule has 0 heterocycles. The number of benzene rings is 2. The topological polar surface area (TPSA) is 0 Å². The van der Waals surface area contributed by atoms with Crippen LogP contribution in [0, 0.1) is 35.1 Å². The maximum Gasteiger partial charge on any atom is 0.167 e. The van der Waals surface area contributed by atoms with E-state index in [1.54, 1.807) is 18.2 Å². The standard InChI is InChI=1S/C30H36F4/c1-3-5-7-8-19-10-12-20(13-11-19)14-15-22-17-24-18-23-16-21(9-6-4-2)27(31)29(33)25(23)26(24)30(34)28(22)32/h4,16-17,19-20H,2-3,5-15,18H2,1H3. The molecule has 4 rings (SSSR count). The second-order valence-electron chi connectivity index (χ2n) is 10.3. The molecule has 1 fully saturated rings. The summed E-state index contributed by atoms with van der Waals surface area (Å²) in [4.78, 5) is 0. The van der Waals surface area contributed by atoms with Crippen molar-refractivity contribution in [3.63, 3.8) is 0 Å². The van der Waals surface area contributed by atoms with Crippen molar-refractivity contribution >= 4 is 0 Å². The van der Waals surface area contributed by atoms with Crippen molar-refractivity contribution in [2.24, 2.45) is 11.8 Å². The molecule has 34 heavy (non-hydrogen) atoms. The fourth-order valence-electron chi connectivity index (χ4n) is 5.97. The van der Waals surface area contributed by atoms with Gasteiger partial charge in [0, 0.05) is 11.1 Å². The van der Waals surface area contributed by atoms with E-state index in [0.717, 1.165) is 25.2 Å². The Morgan fingerprint density at radius 2 is 1.29 bits per heavy atom. The van der Waals surface area contributed by atoms with E-state index in [0.29, 0.717) is 48.3 Å². The second kappa shape index (κ2) is 11.1. The lowest BCUT2D eigenvalue weighted by Crippen LogP contribution is -2.15. The molecule has 0 radical (unpaired) electrons. The summed E-state index contributed by atoms with van der Waals surface area (Å²) in [6, 6.07) is 3.29. The Bertz CT molecular complexity index is 1030. The first kappa shape index (κ1) is 25.0. The second-order valence-corrected chi connectivity index (χ2v) is 10.3. The molecule has 0 unspecified atom stereocenters. The predicted molar refractivity (Wildman–Crippen MR) is 131 cm³/mol. The summed E-state index contributed by atoms with van der Waals surface area (Å²) in [6.07, 6.45) is 14.1. The average Bonchev–Trinajstić information content (AvgIpc) is 3.21. The van der Waals surface area contributed by atoms with Crippen LogP contribution in [0.3, 0.4) is 0 Å². The van der Waals surface area contributed by atoms with E-state index in [9.17, 15) is 8.78 Å². The number of aryl methyl sites for hydroxylation is 2. The smallest absolute Gasteiger partial charge is 0.167 e. The molecule has 1 saturated carbocycles. The summed E-state index contributed by atoms with van der Waals surface area (Å²) in [5.74, 6) is -2.62. The van der Waals surface area contributed by atoms with Gasteiger partial charge in [-0.2, -0.15) is 0 Å². The number of allylic oxidation sites excluding steroid dienone is 1. The van der Waals surface area contributed by atoms with E-state index in [1.807, 2.05) is 0 Å². The molecule has 2 aliphatic carbocycles. The van der Waals surface area contributed by atoms with Gasteiger partial charge in [-0.15, -0.1) is 6.58 Å². The molecule has 0 bridgehead atoms. The molecule has 0 amide bonds. The van der Waals surface area contributed by atoms with Gasteiger partial charge in [0.15, 0.2) is 23.3 Å². The lowest BCUT2D eigenvalue weighted by molar-refractivity contribution is 0.248. The van der Waals surface area contributed by atoms with Crippen LogP contribution in [-0.4, -0.2) is 0 Å². The van der Waals surface area contributed by atoms with Crippen molar-refractivity contribution in [1.29, 1.82) is 0 Å². The van der Waals surface area contributed by atoms with Gasteiger partial charge in [-0.25, -0.2) is 17.6 Å². The van der Waals surface area contributed by atoms with Crippen LogP contribution < -0.4 is 0 Å². The Labute approximate surface area is 201 Å². The molecule has 0 N–H and O–H groups in total. The zero-order chi connectivity index (χ0) is 24.2. The number of halogens is 4. The molecule has 0 spiro atoms. The summed E-state index contributed by atoms with van der Waals surface area (Å²) >= 11 is 0. The number of hydrogen-bond donors (Lipinski definition) is 0. The van der Waals surface area contributed by atoms with Crippen LogP contribution in [-0.2, 0) is 19.3 Å². The van der Waals surface area contributed by atoms with Crippen molar-refractivity contribution in [1.82, 2.24) is 0 Å². The third-order valence-electron chi connectivity index (χ3n) is 7.98. The predicted octanol–water partition coefficient (Wildman–Crippen LogP) is 9.25. The maximum absolute atomic E-state index is 15.1. The summed E-state index contributed by atoms with van der Waals surface area (Å²) in [6.45, 7) is 5.86. The molecular weight excluding hydrogens is 436 g/mol. The van der Waals surface area contributed by atoms with Gasteiger partial charge in [-0.05, 0) is 66.2 Å². The first-order valence-corrected chi connectivity index (χ1v) is 13.0.